The van der Waals surface area contributed by atoms with Crippen molar-refractivity contribution in [3.63, 3.8) is 0 Å². The standard InChI is InChI=1S/C27H31N5O/c1-21-22(2)32(19-24-11-7-4-8-12-24)27(25(21)17-28)29-26(33)20-31-15-13-30(14-16-31)18-23-9-5-3-6-10-23/h3-12H,13-16,18-20H2,1-2H3,(H,29,33). The van der Waals surface area contributed by atoms with Crippen LogP contribution in [0.2, 0.25) is 0 Å². The van der Waals surface area contributed by atoms with Gasteiger partial charge in [0.1, 0.15) is 11.9 Å². The average Bonchev–Trinajstić information content (AvgIpc) is 3.05. The molecule has 0 aliphatic carbocycles. The lowest BCUT2D eigenvalue weighted by Gasteiger charge is -2.34. The number of nitriles is 1. The maximum Gasteiger partial charge on any atom is 0.239 e. The first-order valence-electron chi connectivity index (χ1n) is 11.5. The second kappa shape index (κ2) is 10.5. The summed E-state index contributed by atoms with van der Waals surface area (Å²) in [7, 11) is 0. The third-order valence-corrected chi connectivity index (χ3v) is 6.46. The molecule has 1 saturated heterocycles. The van der Waals surface area contributed by atoms with Crippen molar-refractivity contribution in [1.29, 1.82) is 5.26 Å². The van der Waals surface area contributed by atoms with Gasteiger partial charge in [0.15, 0.2) is 0 Å². The van der Waals surface area contributed by atoms with E-state index >= 15 is 0 Å². The normalized spacial score (nSPS) is 14.7. The minimum absolute atomic E-state index is 0.0742. The summed E-state index contributed by atoms with van der Waals surface area (Å²) >= 11 is 0. The molecular formula is C27H31N5O. The first kappa shape index (κ1) is 22.8. The van der Waals surface area contributed by atoms with Crippen molar-refractivity contribution in [1.82, 2.24) is 14.4 Å². The summed E-state index contributed by atoms with van der Waals surface area (Å²) < 4.78 is 2.04. The summed E-state index contributed by atoms with van der Waals surface area (Å²) in [5.41, 5.74) is 4.91. The van der Waals surface area contributed by atoms with Crippen molar-refractivity contribution in [2.45, 2.75) is 26.9 Å². The van der Waals surface area contributed by atoms with Crippen molar-refractivity contribution in [3.8, 4) is 6.07 Å². The van der Waals surface area contributed by atoms with E-state index in [1.54, 1.807) is 0 Å². The Hall–Kier alpha value is -3.40. The van der Waals surface area contributed by atoms with E-state index < -0.39 is 0 Å². The number of piperazine rings is 1. The molecule has 2 heterocycles. The number of anilines is 1. The molecule has 170 valence electrons. The Morgan fingerprint density at radius 3 is 2.00 bits per heavy atom. The highest BCUT2D eigenvalue weighted by Gasteiger charge is 2.23. The molecule has 4 rings (SSSR count). The molecule has 3 aromatic rings. The smallest absolute Gasteiger partial charge is 0.239 e. The molecule has 33 heavy (non-hydrogen) atoms. The van der Waals surface area contributed by atoms with E-state index in [0.29, 0.717) is 24.5 Å². The zero-order chi connectivity index (χ0) is 23.2. The summed E-state index contributed by atoms with van der Waals surface area (Å²) in [5, 5.41) is 12.8. The molecule has 1 aliphatic heterocycles. The Balaban J connectivity index is 1.38. The fourth-order valence-corrected chi connectivity index (χ4v) is 4.42. The third-order valence-electron chi connectivity index (χ3n) is 6.46. The van der Waals surface area contributed by atoms with Crippen LogP contribution in [0.1, 0.15) is 27.9 Å². The molecule has 1 fully saturated rings. The second-order valence-electron chi connectivity index (χ2n) is 8.70. The lowest BCUT2D eigenvalue weighted by atomic mass is 10.2. The van der Waals surface area contributed by atoms with Crippen LogP contribution < -0.4 is 5.32 Å². The molecule has 1 N–H and O–H groups in total. The van der Waals surface area contributed by atoms with Gasteiger partial charge < -0.3 is 9.88 Å². The van der Waals surface area contributed by atoms with Crippen LogP contribution in [0.5, 0.6) is 0 Å². The van der Waals surface area contributed by atoms with Crippen molar-refractivity contribution in [2.24, 2.45) is 0 Å². The Morgan fingerprint density at radius 1 is 0.879 bits per heavy atom. The van der Waals surface area contributed by atoms with Crippen LogP contribution in [0.15, 0.2) is 60.7 Å². The summed E-state index contributed by atoms with van der Waals surface area (Å²) in [6.45, 7) is 9.42. The molecule has 0 saturated carbocycles. The quantitative estimate of drug-likeness (QED) is 0.606. The average molecular weight is 442 g/mol. The minimum atomic E-state index is -0.0742. The highest BCUT2D eigenvalue weighted by molar-refractivity contribution is 5.93. The number of nitrogens with zero attached hydrogens (tertiary/aromatic N) is 4. The first-order valence-corrected chi connectivity index (χ1v) is 11.5. The highest BCUT2D eigenvalue weighted by Crippen LogP contribution is 2.27. The van der Waals surface area contributed by atoms with Gasteiger partial charge in [0.25, 0.3) is 0 Å². The molecule has 0 unspecified atom stereocenters. The van der Waals surface area contributed by atoms with Gasteiger partial charge in [0.2, 0.25) is 5.91 Å². The van der Waals surface area contributed by atoms with E-state index in [1.165, 1.54) is 5.56 Å². The van der Waals surface area contributed by atoms with Crippen LogP contribution >= 0.6 is 0 Å². The predicted molar refractivity (Wildman–Crippen MR) is 131 cm³/mol. The highest BCUT2D eigenvalue weighted by atomic mass is 16.2. The van der Waals surface area contributed by atoms with Gasteiger partial charge in [-0.1, -0.05) is 60.7 Å². The zero-order valence-electron chi connectivity index (χ0n) is 19.4. The lowest BCUT2D eigenvalue weighted by molar-refractivity contribution is -0.117. The van der Waals surface area contributed by atoms with Gasteiger partial charge in [-0.2, -0.15) is 5.26 Å². The molecule has 0 spiro atoms. The number of nitrogens with one attached hydrogen (secondary N) is 1. The zero-order valence-corrected chi connectivity index (χ0v) is 19.4. The van der Waals surface area contributed by atoms with Crippen LogP contribution in [0, 0.1) is 25.2 Å². The molecule has 1 aromatic heterocycles. The predicted octanol–water partition coefficient (Wildman–Crippen LogP) is 3.78. The maximum atomic E-state index is 13.0. The molecule has 0 bridgehead atoms. The number of amides is 1. The molecule has 6 nitrogen and oxygen atoms in total. The van der Waals surface area contributed by atoms with Gasteiger partial charge >= 0.3 is 0 Å². The Labute approximate surface area is 196 Å². The fraction of sp³-hybridized carbons (Fsp3) is 0.333. The number of aromatic nitrogens is 1. The van der Waals surface area contributed by atoms with Crippen LogP contribution in [-0.2, 0) is 17.9 Å². The number of carbonyl (C=O) groups is 1. The first-order chi connectivity index (χ1) is 16.0. The van der Waals surface area contributed by atoms with Crippen LogP contribution in [0.25, 0.3) is 0 Å². The number of carbonyl (C=O) groups excluding carboxylic acids is 1. The topological polar surface area (TPSA) is 64.3 Å². The Bertz CT molecular complexity index is 1120. The number of rotatable bonds is 7. The van der Waals surface area contributed by atoms with E-state index in [0.717, 1.165) is 49.5 Å². The van der Waals surface area contributed by atoms with Crippen molar-refractivity contribution < 1.29 is 4.79 Å². The molecule has 1 aliphatic rings. The monoisotopic (exact) mass is 441 g/mol. The van der Waals surface area contributed by atoms with Gasteiger partial charge in [0.05, 0.1) is 12.1 Å². The number of benzene rings is 2. The second-order valence-corrected chi connectivity index (χ2v) is 8.70. The minimum Gasteiger partial charge on any atom is -0.326 e. The van der Waals surface area contributed by atoms with Crippen molar-refractivity contribution in [3.05, 3.63) is 88.6 Å². The fourth-order valence-electron chi connectivity index (χ4n) is 4.42. The van der Waals surface area contributed by atoms with Crippen molar-refractivity contribution in [2.75, 3.05) is 38.0 Å². The van der Waals surface area contributed by atoms with Crippen molar-refractivity contribution >= 4 is 11.7 Å². The van der Waals surface area contributed by atoms with Gasteiger partial charge in [-0.25, -0.2) is 0 Å². The molecule has 0 atom stereocenters. The SMILES string of the molecule is Cc1c(C#N)c(NC(=O)CN2CCN(Cc3ccccc3)CC2)n(Cc2ccccc2)c1C. The number of hydrogen-bond acceptors (Lipinski definition) is 4. The van der Waals surface area contributed by atoms with E-state index in [-0.39, 0.29) is 5.91 Å². The van der Waals surface area contributed by atoms with Crippen LogP contribution in [0.3, 0.4) is 0 Å². The maximum absolute atomic E-state index is 13.0. The van der Waals surface area contributed by atoms with E-state index in [2.05, 4.69) is 57.6 Å². The van der Waals surface area contributed by atoms with Crippen LogP contribution in [-0.4, -0.2) is 53.0 Å². The lowest BCUT2D eigenvalue weighted by Crippen LogP contribution is -2.48. The largest absolute Gasteiger partial charge is 0.326 e. The molecule has 1 amide bonds. The van der Waals surface area contributed by atoms with E-state index in [4.69, 9.17) is 0 Å². The van der Waals surface area contributed by atoms with Gasteiger partial charge in [-0.15, -0.1) is 0 Å². The molecular weight excluding hydrogens is 410 g/mol. The summed E-state index contributed by atoms with van der Waals surface area (Å²) in [4.78, 5) is 17.6. The van der Waals surface area contributed by atoms with Gasteiger partial charge in [-0.3, -0.25) is 14.6 Å². The molecule has 2 aromatic carbocycles. The molecule has 6 heteroatoms. The molecule has 0 radical (unpaired) electrons. The number of hydrogen-bond donors (Lipinski definition) is 1. The van der Waals surface area contributed by atoms with Gasteiger partial charge in [0, 0.05) is 45.0 Å². The van der Waals surface area contributed by atoms with E-state index in [1.807, 2.05) is 42.7 Å². The summed E-state index contributed by atoms with van der Waals surface area (Å²) in [6.07, 6.45) is 0. The van der Waals surface area contributed by atoms with E-state index in [9.17, 15) is 10.1 Å². The van der Waals surface area contributed by atoms with Gasteiger partial charge in [-0.05, 0) is 30.5 Å². The third kappa shape index (κ3) is 5.51. The Kier molecular flexibility index (Phi) is 7.23. The Morgan fingerprint density at radius 2 is 1.42 bits per heavy atom. The summed E-state index contributed by atoms with van der Waals surface area (Å²) in [6, 6.07) is 22.9. The van der Waals surface area contributed by atoms with Crippen LogP contribution in [0.4, 0.5) is 5.82 Å². The summed E-state index contributed by atoms with van der Waals surface area (Å²) in [5.74, 6) is 0.527.